The van der Waals surface area contributed by atoms with Gasteiger partial charge in [-0.2, -0.15) is 0 Å². The Morgan fingerprint density at radius 2 is 2.11 bits per heavy atom. The lowest BCUT2D eigenvalue weighted by Crippen LogP contribution is -2.34. The third-order valence-electron chi connectivity index (χ3n) is 3.91. The second kappa shape index (κ2) is 5.21. The maximum atomic E-state index is 11.6. The molecule has 4 nitrogen and oxygen atoms in total. The molecule has 0 saturated carbocycles. The van der Waals surface area contributed by atoms with Crippen LogP contribution in [0.4, 0.5) is 0 Å². The van der Waals surface area contributed by atoms with Crippen molar-refractivity contribution in [3.05, 3.63) is 28.8 Å². The highest BCUT2D eigenvalue weighted by Crippen LogP contribution is 2.45. The van der Waals surface area contributed by atoms with Crippen molar-refractivity contribution in [1.29, 1.82) is 0 Å². The standard InChI is InChI=1S/C15H22N2O2/c1-9-5-6-12(18)15-11(7-10(2)14(9)15)16-8-13(19)17(3)4/h5-6,10-11,16,18H,7-8H2,1-4H3. The zero-order chi connectivity index (χ0) is 14.2. The number of rotatable bonds is 3. The Morgan fingerprint density at radius 1 is 1.42 bits per heavy atom. The van der Waals surface area contributed by atoms with Gasteiger partial charge in [-0.25, -0.2) is 0 Å². The number of hydrogen-bond acceptors (Lipinski definition) is 3. The number of phenolic OH excluding ortho intramolecular Hbond substituents is 1. The lowest BCUT2D eigenvalue weighted by atomic mass is 9.97. The van der Waals surface area contributed by atoms with Crippen LogP contribution in [0.5, 0.6) is 5.75 Å². The van der Waals surface area contributed by atoms with Crippen molar-refractivity contribution in [2.45, 2.75) is 32.2 Å². The number of nitrogens with zero attached hydrogens (tertiary/aromatic N) is 1. The van der Waals surface area contributed by atoms with Gasteiger partial charge in [0.2, 0.25) is 5.91 Å². The summed E-state index contributed by atoms with van der Waals surface area (Å²) >= 11 is 0. The van der Waals surface area contributed by atoms with Gasteiger partial charge in [-0.3, -0.25) is 4.79 Å². The van der Waals surface area contributed by atoms with Crippen LogP contribution in [0.15, 0.2) is 12.1 Å². The number of aromatic hydroxyl groups is 1. The molecule has 0 fully saturated rings. The van der Waals surface area contributed by atoms with E-state index in [4.69, 9.17) is 0 Å². The molecule has 0 bridgehead atoms. The number of likely N-dealkylation sites (N-methyl/N-ethyl adjacent to an activating group) is 1. The Labute approximate surface area is 114 Å². The zero-order valence-electron chi connectivity index (χ0n) is 12.0. The van der Waals surface area contributed by atoms with Gasteiger partial charge in [0.25, 0.3) is 0 Å². The Morgan fingerprint density at radius 3 is 2.74 bits per heavy atom. The van der Waals surface area contributed by atoms with E-state index < -0.39 is 0 Å². The Hall–Kier alpha value is -1.55. The number of phenols is 1. The van der Waals surface area contributed by atoms with Crippen molar-refractivity contribution in [3.8, 4) is 5.75 Å². The summed E-state index contributed by atoms with van der Waals surface area (Å²) in [7, 11) is 3.49. The highest BCUT2D eigenvalue weighted by atomic mass is 16.3. The Bertz CT molecular complexity index is 497. The first-order valence-electron chi connectivity index (χ1n) is 6.67. The van der Waals surface area contributed by atoms with Crippen LogP contribution in [0.25, 0.3) is 0 Å². The van der Waals surface area contributed by atoms with Gasteiger partial charge < -0.3 is 15.3 Å². The van der Waals surface area contributed by atoms with E-state index in [9.17, 15) is 9.90 Å². The van der Waals surface area contributed by atoms with Gasteiger partial charge >= 0.3 is 0 Å². The third kappa shape index (κ3) is 2.59. The summed E-state index contributed by atoms with van der Waals surface area (Å²) in [6.45, 7) is 4.54. The summed E-state index contributed by atoms with van der Waals surface area (Å²) in [4.78, 5) is 13.2. The average molecular weight is 262 g/mol. The molecule has 2 N–H and O–H groups in total. The van der Waals surface area contributed by atoms with Crippen LogP contribution < -0.4 is 5.32 Å². The number of aryl methyl sites for hydroxylation is 1. The summed E-state index contributed by atoms with van der Waals surface area (Å²) < 4.78 is 0. The molecular formula is C15H22N2O2. The highest BCUT2D eigenvalue weighted by molar-refractivity contribution is 5.77. The van der Waals surface area contributed by atoms with E-state index >= 15 is 0 Å². The fraction of sp³-hybridized carbons (Fsp3) is 0.533. The number of nitrogens with one attached hydrogen (secondary N) is 1. The van der Waals surface area contributed by atoms with Crippen LogP contribution in [0.3, 0.4) is 0 Å². The molecule has 2 rings (SSSR count). The first-order chi connectivity index (χ1) is 8.91. The maximum Gasteiger partial charge on any atom is 0.236 e. The summed E-state index contributed by atoms with van der Waals surface area (Å²) in [5, 5.41) is 13.3. The van der Waals surface area contributed by atoms with Crippen LogP contribution in [0, 0.1) is 6.92 Å². The molecule has 0 radical (unpaired) electrons. The van der Waals surface area contributed by atoms with E-state index in [-0.39, 0.29) is 11.9 Å². The monoisotopic (exact) mass is 262 g/mol. The fourth-order valence-electron chi connectivity index (χ4n) is 2.90. The van der Waals surface area contributed by atoms with Gasteiger partial charge in [0.05, 0.1) is 6.54 Å². The minimum absolute atomic E-state index is 0.0493. The number of fused-ring (bicyclic) bond motifs is 1. The largest absolute Gasteiger partial charge is 0.508 e. The molecule has 1 aromatic rings. The molecule has 4 heteroatoms. The second-order valence-electron chi connectivity index (χ2n) is 5.59. The van der Waals surface area contributed by atoms with Crippen molar-refractivity contribution in [1.82, 2.24) is 10.2 Å². The molecule has 0 spiro atoms. The van der Waals surface area contributed by atoms with Crippen LogP contribution >= 0.6 is 0 Å². The first-order valence-corrected chi connectivity index (χ1v) is 6.67. The predicted molar refractivity (Wildman–Crippen MR) is 75.3 cm³/mol. The summed E-state index contributed by atoms with van der Waals surface area (Å²) in [5.41, 5.74) is 3.41. The minimum atomic E-state index is 0.0493. The van der Waals surface area contributed by atoms with Crippen molar-refractivity contribution >= 4 is 5.91 Å². The molecule has 0 aromatic heterocycles. The van der Waals surface area contributed by atoms with Gasteiger partial charge in [-0.15, -0.1) is 0 Å². The van der Waals surface area contributed by atoms with Crippen LogP contribution in [-0.4, -0.2) is 36.6 Å². The average Bonchev–Trinajstić information content (AvgIpc) is 2.69. The van der Waals surface area contributed by atoms with Crippen LogP contribution in [-0.2, 0) is 4.79 Å². The van der Waals surface area contributed by atoms with Crippen molar-refractivity contribution < 1.29 is 9.90 Å². The van der Waals surface area contributed by atoms with Gasteiger partial charge in [0.1, 0.15) is 5.75 Å². The molecule has 104 valence electrons. The Balaban J connectivity index is 2.20. The molecule has 0 aliphatic heterocycles. The van der Waals surface area contributed by atoms with E-state index in [1.165, 1.54) is 11.1 Å². The molecule has 1 amide bonds. The molecule has 2 unspecified atom stereocenters. The van der Waals surface area contributed by atoms with Crippen LogP contribution in [0.1, 0.15) is 42.0 Å². The lowest BCUT2D eigenvalue weighted by Gasteiger charge is -2.17. The number of carbonyl (C=O) groups excluding carboxylic acids is 1. The molecule has 1 aliphatic rings. The summed E-state index contributed by atoms with van der Waals surface area (Å²) in [6.07, 6.45) is 0.925. The minimum Gasteiger partial charge on any atom is -0.508 e. The summed E-state index contributed by atoms with van der Waals surface area (Å²) in [6, 6.07) is 3.76. The lowest BCUT2D eigenvalue weighted by molar-refractivity contribution is -0.127. The second-order valence-corrected chi connectivity index (χ2v) is 5.59. The van der Waals surface area contributed by atoms with Crippen molar-refractivity contribution in [2.75, 3.05) is 20.6 Å². The number of amides is 1. The highest BCUT2D eigenvalue weighted by Gasteiger charge is 2.32. The van der Waals surface area contributed by atoms with E-state index in [1.54, 1.807) is 25.1 Å². The predicted octanol–water partition coefficient (Wildman–Crippen LogP) is 1.93. The molecule has 0 heterocycles. The number of benzene rings is 1. The van der Waals surface area contributed by atoms with Gasteiger partial charge in [-0.05, 0) is 36.5 Å². The van der Waals surface area contributed by atoms with Gasteiger partial charge in [-0.1, -0.05) is 13.0 Å². The summed E-state index contributed by atoms with van der Waals surface area (Å²) in [5.74, 6) is 0.794. The van der Waals surface area contributed by atoms with Crippen molar-refractivity contribution in [2.24, 2.45) is 0 Å². The zero-order valence-corrected chi connectivity index (χ0v) is 12.0. The SMILES string of the molecule is Cc1ccc(O)c2c1C(C)CC2NCC(=O)N(C)C. The van der Waals surface area contributed by atoms with Gasteiger partial charge in [0.15, 0.2) is 0 Å². The molecule has 0 saturated heterocycles. The molecule has 1 aromatic carbocycles. The number of carbonyl (C=O) groups is 1. The first kappa shape index (κ1) is 13.9. The van der Waals surface area contributed by atoms with E-state index in [0.29, 0.717) is 18.2 Å². The van der Waals surface area contributed by atoms with E-state index in [1.807, 2.05) is 6.07 Å². The van der Waals surface area contributed by atoms with Crippen molar-refractivity contribution in [3.63, 3.8) is 0 Å². The van der Waals surface area contributed by atoms with Crippen LogP contribution in [0.2, 0.25) is 0 Å². The van der Waals surface area contributed by atoms with E-state index in [2.05, 4.69) is 19.2 Å². The quantitative estimate of drug-likeness (QED) is 0.875. The smallest absolute Gasteiger partial charge is 0.236 e. The Kier molecular flexibility index (Phi) is 3.80. The normalized spacial score (nSPS) is 21.3. The molecule has 19 heavy (non-hydrogen) atoms. The molecule has 2 atom stereocenters. The third-order valence-corrected chi connectivity index (χ3v) is 3.91. The van der Waals surface area contributed by atoms with Gasteiger partial charge in [0, 0.05) is 25.7 Å². The van der Waals surface area contributed by atoms with E-state index in [0.717, 1.165) is 12.0 Å². The molecular weight excluding hydrogens is 240 g/mol. The topological polar surface area (TPSA) is 52.6 Å². The fourth-order valence-corrected chi connectivity index (χ4v) is 2.90. The maximum absolute atomic E-state index is 11.6. The number of hydrogen-bond donors (Lipinski definition) is 2. The molecule has 1 aliphatic carbocycles.